The van der Waals surface area contributed by atoms with E-state index in [4.69, 9.17) is 11.6 Å². The van der Waals surface area contributed by atoms with E-state index in [1.165, 1.54) is 10.6 Å². The number of rotatable bonds is 4. The molecule has 5 rings (SSSR count). The lowest BCUT2D eigenvalue weighted by Gasteiger charge is -2.36. The first kappa shape index (κ1) is 22.1. The number of amides is 1. The molecule has 2 aromatic heterocycles. The third-order valence-corrected chi connectivity index (χ3v) is 6.34. The van der Waals surface area contributed by atoms with Crippen molar-refractivity contribution in [1.29, 1.82) is 0 Å². The minimum atomic E-state index is -0.475. The number of hydrogen-bond donors (Lipinski definition) is 0. The van der Waals surface area contributed by atoms with Crippen molar-refractivity contribution in [1.82, 2.24) is 14.5 Å². The monoisotopic (exact) mass is 476 g/mol. The summed E-state index contributed by atoms with van der Waals surface area (Å²) in [7, 11) is 0. The van der Waals surface area contributed by atoms with Crippen LogP contribution in [0.1, 0.15) is 15.9 Å². The van der Waals surface area contributed by atoms with E-state index in [9.17, 15) is 14.0 Å². The van der Waals surface area contributed by atoms with Gasteiger partial charge in [-0.1, -0.05) is 35.9 Å². The fourth-order valence-electron chi connectivity index (χ4n) is 4.31. The third-order valence-electron chi connectivity index (χ3n) is 6.10. The normalized spacial score (nSPS) is 13.9. The molecule has 172 valence electrons. The van der Waals surface area contributed by atoms with Gasteiger partial charge < -0.3 is 9.80 Å². The van der Waals surface area contributed by atoms with Crippen LogP contribution in [-0.4, -0.2) is 46.5 Å². The second kappa shape index (κ2) is 9.27. The van der Waals surface area contributed by atoms with Crippen molar-refractivity contribution in [2.24, 2.45) is 0 Å². The van der Waals surface area contributed by atoms with Gasteiger partial charge in [0, 0.05) is 54.0 Å². The van der Waals surface area contributed by atoms with Crippen LogP contribution < -0.4 is 10.5 Å². The first-order valence-electron chi connectivity index (χ1n) is 11.0. The van der Waals surface area contributed by atoms with Crippen LogP contribution in [0.25, 0.3) is 11.0 Å². The van der Waals surface area contributed by atoms with Crippen LogP contribution in [0.15, 0.2) is 77.7 Å². The third kappa shape index (κ3) is 4.26. The van der Waals surface area contributed by atoms with Crippen molar-refractivity contribution in [3.8, 4) is 0 Å². The average Bonchev–Trinajstić information content (AvgIpc) is 2.86. The van der Waals surface area contributed by atoms with Gasteiger partial charge in [-0.2, -0.15) is 0 Å². The molecule has 0 aliphatic carbocycles. The highest BCUT2D eigenvalue weighted by Crippen LogP contribution is 2.22. The number of carbonyl (C=O) groups is 1. The molecule has 8 heteroatoms. The highest BCUT2D eigenvalue weighted by Gasteiger charge is 2.26. The highest BCUT2D eigenvalue weighted by molar-refractivity contribution is 6.30. The van der Waals surface area contributed by atoms with Crippen molar-refractivity contribution in [2.75, 3.05) is 31.1 Å². The van der Waals surface area contributed by atoms with Crippen LogP contribution in [0.4, 0.5) is 10.1 Å². The van der Waals surface area contributed by atoms with Crippen LogP contribution in [0.3, 0.4) is 0 Å². The molecule has 0 N–H and O–H groups in total. The molecule has 1 aliphatic rings. The van der Waals surface area contributed by atoms with E-state index in [2.05, 4.69) is 9.88 Å². The number of fused-ring (bicyclic) bond motifs is 1. The minimum absolute atomic E-state index is 0.0112. The van der Waals surface area contributed by atoms with Crippen LogP contribution in [0, 0.1) is 5.82 Å². The van der Waals surface area contributed by atoms with Crippen molar-refractivity contribution < 1.29 is 9.18 Å². The quantitative estimate of drug-likeness (QED) is 0.443. The molecule has 6 nitrogen and oxygen atoms in total. The second-order valence-corrected chi connectivity index (χ2v) is 8.65. The predicted octanol–water partition coefficient (Wildman–Crippen LogP) is 4.20. The summed E-state index contributed by atoms with van der Waals surface area (Å²) in [5.74, 6) is -0.740. The van der Waals surface area contributed by atoms with Crippen LogP contribution >= 0.6 is 11.6 Å². The highest BCUT2D eigenvalue weighted by atomic mass is 35.5. The topological polar surface area (TPSA) is 58.4 Å². The van der Waals surface area contributed by atoms with Crippen LogP contribution in [0.2, 0.25) is 5.02 Å². The summed E-state index contributed by atoms with van der Waals surface area (Å²) in [5.41, 5.74) is 1.36. The van der Waals surface area contributed by atoms with Crippen LogP contribution in [0.5, 0.6) is 0 Å². The summed E-state index contributed by atoms with van der Waals surface area (Å²) >= 11 is 6.11. The molecule has 1 saturated heterocycles. The van der Waals surface area contributed by atoms with Gasteiger partial charge in [-0.3, -0.25) is 14.2 Å². The number of carbonyl (C=O) groups excluding carboxylic acids is 1. The van der Waals surface area contributed by atoms with Gasteiger partial charge in [-0.15, -0.1) is 0 Å². The average molecular weight is 477 g/mol. The van der Waals surface area contributed by atoms with Crippen molar-refractivity contribution >= 4 is 34.2 Å². The largest absolute Gasteiger partial charge is 0.368 e. The first-order chi connectivity index (χ1) is 16.5. The van der Waals surface area contributed by atoms with E-state index in [0.29, 0.717) is 47.8 Å². The molecule has 0 unspecified atom stereocenters. The standard InChI is InChI=1S/C26H22ClFN4O2/c27-20-7-3-8-21(16-20)30-11-13-31(14-12-30)25(33)22-15-18-6-4-10-29-24(18)32(26(22)34)17-19-5-1-2-9-23(19)28/h1-10,15-16H,11-14,17H2. The summed E-state index contributed by atoms with van der Waals surface area (Å²) in [4.78, 5) is 35.0. The Hall–Kier alpha value is -3.71. The predicted molar refractivity (Wildman–Crippen MR) is 131 cm³/mol. The molecule has 0 bridgehead atoms. The molecule has 1 aliphatic heterocycles. The number of hydrogen-bond acceptors (Lipinski definition) is 4. The van der Waals surface area contributed by atoms with Crippen molar-refractivity contribution in [2.45, 2.75) is 6.54 Å². The van der Waals surface area contributed by atoms with Gasteiger partial charge in [-0.25, -0.2) is 9.37 Å². The maximum absolute atomic E-state index is 14.3. The molecule has 34 heavy (non-hydrogen) atoms. The molecule has 4 aromatic rings. The van der Waals surface area contributed by atoms with E-state index in [1.54, 1.807) is 47.5 Å². The summed E-state index contributed by atoms with van der Waals surface area (Å²) in [6.07, 6.45) is 1.58. The molecule has 2 aromatic carbocycles. The fourth-order valence-corrected chi connectivity index (χ4v) is 4.50. The molecule has 0 radical (unpaired) electrons. The van der Waals surface area contributed by atoms with Gasteiger partial charge in [-0.05, 0) is 42.5 Å². The molecular weight excluding hydrogens is 455 g/mol. The number of nitrogens with zero attached hydrogens (tertiary/aromatic N) is 4. The number of benzene rings is 2. The Morgan fingerprint density at radius 1 is 0.971 bits per heavy atom. The van der Waals surface area contributed by atoms with Crippen molar-refractivity contribution in [3.05, 3.63) is 105 Å². The second-order valence-electron chi connectivity index (χ2n) is 8.22. The lowest BCUT2D eigenvalue weighted by molar-refractivity contribution is 0.0744. The van der Waals surface area contributed by atoms with Gasteiger partial charge in [0.25, 0.3) is 11.5 Å². The van der Waals surface area contributed by atoms with Gasteiger partial charge >= 0.3 is 0 Å². The zero-order valence-electron chi connectivity index (χ0n) is 18.3. The van der Waals surface area contributed by atoms with Gasteiger partial charge in [0.15, 0.2) is 0 Å². The van der Waals surface area contributed by atoms with Gasteiger partial charge in [0.2, 0.25) is 0 Å². The van der Waals surface area contributed by atoms with Gasteiger partial charge in [0.05, 0.1) is 6.54 Å². The SMILES string of the molecule is O=C(c1cc2cccnc2n(Cc2ccccc2F)c1=O)N1CCN(c2cccc(Cl)c2)CC1. The number of pyridine rings is 2. The molecular formula is C26H22ClFN4O2. The molecule has 0 atom stereocenters. The molecule has 0 spiro atoms. The molecule has 3 heterocycles. The fraction of sp³-hybridized carbons (Fsp3) is 0.192. The Bertz CT molecular complexity index is 1430. The Balaban J connectivity index is 1.45. The van der Waals surface area contributed by atoms with Crippen LogP contribution in [-0.2, 0) is 6.54 Å². The van der Waals surface area contributed by atoms with E-state index < -0.39 is 11.4 Å². The number of anilines is 1. The molecule has 0 saturated carbocycles. The Morgan fingerprint density at radius 3 is 2.53 bits per heavy atom. The smallest absolute Gasteiger partial charge is 0.265 e. The number of halogens is 2. The minimum Gasteiger partial charge on any atom is -0.368 e. The Morgan fingerprint density at radius 2 is 1.76 bits per heavy atom. The lowest BCUT2D eigenvalue weighted by Crippen LogP contribution is -2.50. The summed E-state index contributed by atoms with van der Waals surface area (Å²) in [5, 5.41) is 1.32. The Labute approximate surface area is 200 Å². The van der Waals surface area contributed by atoms with E-state index in [0.717, 1.165) is 5.69 Å². The first-order valence-corrected chi connectivity index (χ1v) is 11.4. The maximum Gasteiger partial charge on any atom is 0.265 e. The van der Waals surface area contributed by atoms with E-state index >= 15 is 0 Å². The van der Waals surface area contributed by atoms with E-state index in [-0.39, 0.29) is 18.0 Å². The summed E-state index contributed by atoms with van der Waals surface area (Å²) in [6, 6.07) is 19.0. The summed E-state index contributed by atoms with van der Waals surface area (Å²) in [6.45, 7) is 2.20. The number of aromatic nitrogens is 2. The molecule has 1 amide bonds. The maximum atomic E-state index is 14.3. The Kier molecular flexibility index (Phi) is 6.02. The zero-order valence-corrected chi connectivity index (χ0v) is 19.1. The lowest BCUT2D eigenvalue weighted by atomic mass is 10.1. The van der Waals surface area contributed by atoms with Gasteiger partial charge in [0.1, 0.15) is 17.0 Å². The number of piperazine rings is 1. The zero-order chi connectivity index (χ0) is 23.7. The van der Waals surface area contributed by atoms with Crippen molar-refractivity contribution in [3.63, 3.8) is 0 Å². The van der Waals surface area contributed by atoms with E-state index in [1.807, 2.05) is 24.3 Å². The summed E-state index contributed by atoms with van der Waals surface area (Å²) < 4.78 is 15.7. The molecule has 1 fully saturated rings.